The molecule has 0 radical (unpaired) electrons. The number of aromatic nitrogens is 1. The number of anilines is 1. The largest absolute Gasteiger partial charge is 0.480 e. The molecule has 0 spiro atoms. The first kappa shape index (κ1) is 12.3. The number of pyridine rings is 1. The standard InChI is InChI=1S/C13H12F2N2O/c1-18-13-12(6-3-7-16-13)17-8-9-10(14)4-2-5-11(9)15/h2-7,17H,8H2,1H3. The van der Waals surface area contributed by atoms with E-state index >= 15 is 0 Å². The Morgan fingerprint density at radius 2 is 1.89 bits per heavy atom. The van der Waals surface area contributed by atoms with Gasteiger partial charge in [-0.05, 0) is 24.3 Å². The van der Waals surface area contributed by atoms with Crippen molar-refractivity contribution in [2.45, 2.75) is 6.54 Å². The van der Waals surface area contributed by atoms with Crippen molar-refractivity contribution >= 4 is 5.69 Å². The van der Waals surface area contributed by atoms with Crippen LogP contribution in [0.5, 0.6) is 5.88 Å². The summed E-state index contributed by atoms with van der Waals surface area (Å²) in [6.07, 6.45) is 1.58. The second-order valence-corrected chi connectivity index (χ2v) is 3.61. The van der Waals surface area contributed by atoms with E-state index in [2.05, 4.69) is 10.3 Å². The lowest BCUT2D eigenvalue weighted by Crippen LogP contribution is -2.06. The Hall–Kier alpha value is -2.17. The van der Waals surface area contributed by atoms with Crippen LogP contribution in [0.25, 0.3) is 0 Å². The van der Waals surface area contributed by atoms with Gasteiger partial charge in [-0.2, -0.15) is 0 Å². The van der Waals surface area contributed by atoms with E-state index in [9.17, 15) is 8.78 Å². The fraction of sp³-hybridized carbons (Fsp3) is 0.154. The number of ether oxygens (including phenoxy) is 1. The molecule has 0 saturated carbocycles. The summed E-state index contributed by atoms with van der Waals surface area (Å²) in [7, 11) is 1.48. The second-order valence-electron chi connectivity index (χ2n) is 3.61. The first-order valence-corrected chi connectivity index (χ1v) is 5.38. The second kappa shape index (κ2) is 5.44. The van der Waals surface area contributed by atoms with Crippen LogP contribution in [0.15, 0.2) is 36.5 Å². The maximum Gasteiger partial charge on any atom is 0.237 e. The van der Waals surface area contributed by atoms with Crippen LogP contribution in [0, 0.1) is 11.6 Å². The molecule has 0 unspecified atom stereocenters. The van der Waals surface area contributed by atoms with Crippen molar-refractivity contribution < 1.29 is 13.5 Å². The SMILES string of the molecule is COc1ncccc1NCc1c(F)cccc1F. The number of benzene rings is 1. The Kier molecular flexibility index (Phi) is 3.72. The highest BCUT2D eigenvalue weighted by Gasteiger charge is 2.09. The van der Waals surface area contributed by atoms with Gasteiger partial charge in [0.05, 0.1) is 12.8 Å². The Bertz CT molecular complexity index is 526. The molecular weight excluding hydrogens is 238 g/mol. The van der Waals surface area contributed by atoms with Crippen LogP contribution in [-0.2, 0) is 6.54 Å². The van der Waals surface area contributed by atoms with Crippen LogP contribution in [0.4, 0.5) is 14.5 Å². The number of methoxy groups -OCH3 is 1. The topological polar surface area (TPSA) is 34.1 Å². The van der Waals surface area contributed by atoms with Gasteiger partial charge in [-0.25, -0.2) is 13.8 Å². The van der Waals surface area contributed by atoms with Gasteiger partial charge in [0.2, 0.25) is 5.88 Å². The number of rotatable bonds is 4. The lowest BCUT2D eigenvalue weighted by molar-refractivity contribution is 0.399. The normalized spacial score (nSPS) is 10.2. The summed E-state index contributed by atoms with van der Waals surface area (Å²) in [6.45, 7) is 0.0283. The molecule has 1 aromatic carbocycles. The van der Waals surface area contributed by atoms with E-state index in [1.807, 2.05) is 0 Å². The average molecular weight is 250 g/mol. The summed E-state index contributed by atoms with van der Waals surface area (Å²) in [6, 6.07) is 7.22. The summed E-state index contributed by atoms with van der Waals surface area (Å²) in [5.41, 5.74) is 0.575. The molecular formula is C13H12F2N2O. The summed E-state index contributed by atoms with van der Waals surface area (Å²) < 4.78 is 31.9. The summed E-state index contributed by atoms with van der Waals surface area (Å²) in [5.74, 6) is -0.773. The van der Waals surface area contributed by atoms with Crippen molar-refractivity contribution in [3.8, 4) is 5.88 Å². The monoisotopic (exact) mass is 250 g/mol. The third-order valence-corrected chi connectivity index (χ3v) is 2.48. The van der Waals surface area contributed by atoms with Crippen molar-refractivity contribution in [1.29, 1.82) is 0 Å². The maximum atomic E-state index is 13.4. The molecule has 1 aromatic heterocycles. The Morgan fingerprint density at radius 1 is 1.17 bits per heavy atom. The third-order valence-electron chi connectivity index (χ3n) is 2.48. The first-order chi connectivity index (χ1) is 8.72. The van der Waals surface area contributed by atoms with Gasteiger partial charge >= 0.3 is 0 Å². The molecule has 0 amide bonds. The third kappa shape index (κ3) is 2.56. The highest BCUT2D eigenvalue weighted by molar-refractivity contribution is 5.52. The van der Waals surface area contributed by atoms with Crippen LogP contribution >= 0.6 is 0 Å². The zero-order valence-electron chi connectivity index (χ0n) is 9.78. The van der Waals surface area contributed by atoms with Gasteiger partial charge in [0, 0.05) is 18.3 Å². The minimum Gasteiger partial charge on any atom is -0.480 e. The molecule has 0 aliphatic carbocycles. The highest BCUT2D eigenvalue weighted by atomic mass is 19.1. The van der Waals surface area contributed by atoms with Gasteiger partial charge in [-0.1, -0.05) is 6.07 Å². The Labute approximate surface area is 103 Å². The zero-order chi connectivity index (χ0) is 13.0. The fourth-order valence-corrected chi connectivity index (χ4v) is 1.57. The lowest BCUT2D eigenvalue weighted by Gasteiger charge is -2.10. The predicted molar refractivity (Wildman–Crippen MR) is 64.5 cm³/mol. The lowest BCUT2D eigenvalue weighted by atomic mass is 10.2. The average Bonchev–Trinajstić information content (AvgIpc) is 2.38. The predicted octanol–water partition coefficient (Wildman–Crippen LogP) is 2.98. The molecule has 0 atom stereocenters. The molecule has 2 aromatic rings. The molecule has 94 valence electrons. The van der Waals surface area contributed by atoms with Crippen molar-refractivity contribution in [1.82, 2.24) is 4.98 Å². The highest BCUT2D eigenvalue weighted by Crippen LogP contribution is 2.21. The molecule has 0 aliphatic heterocycles. The molecule has 0 fully saturated rings. The number of hydrogen-bond donors (Lipinski definition) is 1. The quantitative estimate of drug-likeness (QED) is 0.905. The number of nitrogens with zero attached hydrogens (tertiary/aromatic N) is 1. The number of halogens is 2. The molecule has 18 heavy (non-hydrogen) atoms. The first-order valence-electron chi connectivity index (χ1n) is 5.38. The molecule has 1 heterocycles. The van der Waals surface area contributed by atoms with E-state index in [1.165, 1.54) is 25.3 Å². The minimum atomic E-state index is -0.578. The van der Waals surface area contributed by atoms with E-state index < -0.39 is 11.6 Å². The summed E-state index contributed by atoms with van der Waals surface area (Å²) in [4.78, 5) is 3.98. The Balaban J connectivity index is 2.16. The smallest absolute Gasteiger partial charge is 0.237 e. The molecule has 1 N–H and O–H groups in total. The molecule has 0 saturated heterocycles. The van der Waals surface area contributed by atoms with Gasteiger partial charge < -0.3 is 10.1 Å². The molecule has 2 rings (SSSR count). The van der Waals surface area contributed by atoms with Crippen molar-refractivity contribution in [3.05, 3.63) is 53.7 Å². The van der Waals surface area contributed by atoms with Gasteiger partial charge in [0.1, 0.15) is 11.6 Å². The van der Waals surface area contributed by atoms with E-state index in [0.29, 0.717) is 11.6 Å². The van der Waals surface area contributed by atoms with Crippen LogP contribution in [0.1, 0.15) is 5.56 Å². The van der Waals surface area contributed by atoms with Crippen molar-refractivity contribution in [2.75, 3.05) is 12.4 Å². The van der Waals surface area contributed by atoms with Crippen LogP contribution < -0.4 is 10.1 Å². The van der Waals surface area contributed by atoms with Crippen LogP contribution in [-0.4, -0.2) is 12.1 Å². The number of hydrogen-bond acceptors (Lipinski definition) is 3. The van der Waals surface area contributed by atoms with Gasteiger partial charge in [0.15, 0.2) is 0 Å². The van der Waals surface area contributed by atoms with Crippen molar-refractivity contribution in [2.24, 2.45) is 0 Å². The fourth-order valence-electron chi connectivity index (χ4n) is 1.57. The van der Waals surface area contributed by atoms with E-state index in [4.69, 9.17) is 4.74 Å². The molecule has 0 bridgehead atoms. The summed E-state index contributed by atoms with van der Waals surface area (Å²) >= 11 is 0. The Morgan fingerprint density at radius 3 is 2.56 bits per heavy atom. The maximum absolute atomic E-state index is 13.4. The van der Waals surface area contributed by atoms with E-state index in [0.717, 1.165) is 0 Å². The van der Waals surface area contributed by atoms with Crippen molar-refractivity contribution in [3.63, 3.8) is 0 Å². The van der Waals surface area contributed by atoms with E-state index in [1.54, 1.807) is 18.3 Å². The van der Waals surface area contributed by atoms with Gasteiger partial charge in [-0.15, -0.1) is 0 Å². The van der Waals surface area contributed by atoms with E-state index in [-0.39, 0.29) is 12.1 Å². The summed E-state index contributed by atoms with van der Waals surface area (Å²) in [5, 5.41) is 2.89. The number of nitrogens with one attached hydrogen (secondary N) is 1. The van der Waals surface area contributed by atoms with Crippen LogP contribution in [0.2, 0.25) is 0 Å². The minimum absolute atomic E-state index is 0.0107. The molecule has 3 nitrogen and oxygen atoms in total. The molecule has 0 aliphatic rings. The zero-order valence-corrected chi connectivity index (χ0v) is 9.78. The van der Waals surface area contributed by atoms with Gasteiger partial charge in [0.25, 0.3) is 0 Å². The van der Waals surface area contributed by atoms with Gasteiger partial charge in [-0.3, -0.25) is 0 Å². The van der Waals surface area contributed by atoms with Crippen LogP contribution in [0.3, 0.4) is 0 Å². The molecule has 5 heteroatoms.